The Kier molecular flexibility index (Phi) is 4.49. The standard InChI is InChI=1S/C13H18N4O3/c18-11(19)8-13(5-1-2-6-13)16-12(20)14-9-10-4-3-7-15-17-10/h3-4,7H,1-2,5-6,8-9H2,(H,18,19)(H2,14,16,20). The Morgan fingerprint density at radius 2 is 2.10 bits per heavy atom. The molecule has 1 aliphatic rings. The molecule has 3 N–H and O–H groups in total. The summed E-state index contributed by atoms with van der Waals surface area (Å²) >= 11 is 0. The minimum atomic E-state index is -0.888. The first kappa shape index (κ1) is 14.2. The fraction of sp³-hybridized carbons (Fsp3) is 0.538. The largest absolute Gasteiger partial charge is 0.481 e. The number of hydrogen-bond acceptors (Lipinski definition) is 4. The van der Waals surface area contributed by atoms with E-state index < -0.39 is 11.5 Å². The molecule has 1 aromatic heterocycles. The molecular weight excluding hydrogens is 260 g/mol. The zero-order chi connectivity index (χ0) is 14.4. The number of rotatable bonds is 5. The normalized spacial score (nSPS) is 16.6. The highest BCUT2D eigenvalue weighted by molar-refractivity contribution is 5.76. The number of carbonyl (C=O) groups excluding carboxylic acids is 1. The van der Waals surface area contributed by atoms with Crippen molar-refractivity contribution in [2.75, 3.05) is 0 Å². The molecule has 1 heterocycles. The molecule has 0 saturated heterocycles. The van der Waals surface area contributed by atoms with Crippen molar-refractivity contribution in [3.63, 3.8) is 0 Å². The Balaban J connectivity index is 1.87. The maximum absolute atomic E-state index is 11.9. The number of carboxylic acid groups (broad SMARTS) is 1. The van der Waals surface area contributed by atoms with Crippen molar-refractivity contribution in [1.29, 1.82) is 0 Å². The topological polar surface area (TPSA) is 104 Å². The lowest BCUT2D eigenvalue weighted by Gasteiger charge is -2.28. The first-order valence-electron chi connectivity index (χ1n) is 6.64. The fourth-order valence-corrected chi connectivity index (χ4v) is 2.57. The average molecular weight is 278 g/mol. The lowest BCUT2D eigenvalue weighted by Crippen LogP contribution is -2.51. The molecular formula is C13H18N4O3. The number of carboxylic acids is 1. The number of aliphatic carboxylic acids is 1. The molecule has 7 heteroatoms. The van der Waals surface area contributed by atoms with Gasteiger partial charge in [-0.25, -0.2) is 4.79 Å². The minimum Gasteiger partial charge on any atom is -0.481 e. The van der Waals surface area contributed by atoms with Crippen LogP contribution in [-0.2, 0) is 11.3 Å². The molecule has 2 amide bonds. The van der Waals surface area contributed by atoms with Crippen molar-refractivity contribution >= 4 is 12.0 Å². The third kappa shape index (κ3) is 3.91. The first-order valence-corrected chi connectivity index (χ1v) is 6.64. The SMILES string of the molecule is O=C(O)CC1(NC(=O)NCc2cccnn2)CCCC1. The minimum absolute atomic E-state index is 0.0361. The predicted octanol–water partition coefficient (Wildman–Crippen LogP) is 1.06. The zero-order valence-corrected chi connectivity index (χ0v) is 11.1. The number of hydrogen-bond donors (Lipinski definition) is 3. The van der Waals surface area contributed by atoms with Crippen molar-refractivity contribution in [2.45, 2.75) is 44.2 Å². The predicted molar refractivity (Wildman–Crippen MR) is 70.9 cm³/mol. The number of aromatic nitrogens is 2. The van der Waals surface area contributed by atoms with Crippen molar-refractivity contribution in [2.24, 2.45) is 0 Å². The molecule has 0 atom stereocenters. The maximum Gasteiger partial charge on any atom is 0.315 e. The summed E-state index contributed by atoms with van der Waals surface area (Å²) in [6.07, 6.45) is 4.82. The molecule has 7 nitrogen and oxygen atoms in total. The summed E-state index contributed by atoms with van der Waals surface area (Å²) in [6.45, 7) is 0.267. The summed E-state index contributed by atoms with van der Waals surface area (Å²) in [5.41, 5.74) is 0.0412. The molecule has 1 saturated carbocycles. The fourth-order valence-electron chi connectivity index (χ4n) is 2.57. The Morgan fingerprint density at radius 3 is 2.70 bits per heavy atom. The van der Waals surface area contributed by atoms with Crippen molar-refractivity contribution in [3.8, 4) is 0 Å². The molecule has 2 rings (SSSR count). The molecule has 0 unspecified atom stereocenters. The third-order valence-corrected chi connectivity index (χ3v) is 3.49. The van der Waals surface area contributed by atoms with Crippen LogP contribution in [0.25, 0.3) is 0 Å². The van der Waals surface area contributed by atoms with E-state index in [9.17, 15) is 9.59 Å². The quantitative estimate of drug-likeness (QED) is 0.747. The van der Waals surface area contributed by atoms with Crippen LogP contribution in [0.15, 0.2) is 18.3 Å². The van der Waals surface area contributed by atoms with Gasteiger partial charge < -0.3 is 15.7 Å². The summed E-state index contributed by atoms with van der Waals surface area (Å²) in [7, 11) is 0. The van der Waals surface area contributed by atoms with Gasteiger partial charge in [-0.2, -0.15) is 10.2 Å². The zero-order valence-electron chi connectivity index (χ0n) is 11.1. The lowest BCUT2D eigenvalue weighted by atomic mass is 9.93. The summed E-state index contributed by atoms with van der Waals surface area (Å²) in [5.74, 6) is -0.888. The molecule has 0 spiro atoms. The molecule has 20 heavy (non-hydrogen) atoms. The highest BCUT2D eigenvalue weighted by Crippen LogP contribution is 2.32. The Morgan fingerprint density at radius 1 is 1.35 bits per heavy atom. The van der Waals surface area contributed by atoms with Gasteiger partial charge in [0.25, 0.3) is 0 Å². The van der Waals surface area contributed by atoms with E-state index in [2.05, 4.69) is 20.8 Å². The number of nitrogens with zero attached hydrogens (tertiary/aromatic N) is 2. The van der Waals surface area contributed by atoms with E-state index in [1.54, 1.807) is 18.3 Å². The van der Waals surface area contributed by atoms with Gasteiger partial charge in [0.15, 0.2) is 0 Å². The van der Waals surface area contributed by atoms with Crippen LogP contribution in [0, 0.1) is 0 Å². The number of amides is 2. The lowest BCUT2D eigenvalue weighted by molar-refractivity contribution is -0.138. The van der Waals surface area contributed by atoms with E-state index in [1.165, 1.54) is 0 Å². The van der Waals surface area contributed by atoms with Crippen LogP contribution in [0.2, 0.25) is 0 Å². The van der Waals surface area contributed by atoms with E-state index in [0.717, 1.165) is 12.8 Å². The monoisotopic (exact) mass is 278 g/mol. The van der Waals surface area contributed by atoms with Gasteiger partial charge in [-0.3, -0.25) is 4.79 Å². The van der Waals surface area contributed by atoms with Gasteiger partial charge in [0, 0.05) is 6.20 Å². The van der Waals surface area contributed by atoms with Crippen molar-refractivity contribution in [3.05, 3.63) is 24.0 Å². The van der Waals surface area contributed by atoms with Gasteiger partial charge in [-0.05, 0) is 25.0 Å². The highest BCUT2D eigenvalue weighted by atomic mass is 16.4. The second-order valence-corrected chi connectivity index (χ2v) is 5.08. The van der Waals surface area contributed by atoms with Gasteiger partial charge in [0.2, 0.25) is 0 Å². The van der Waals surface area contributed by atoms with E-state index in [-0.39, 0.29) is 19.0 Å². The molecule has 0 aromatic carbocycles. The Hall–Kier alpha value is -2.18. The molecule has 1 aliphatic carbocycles. The van der Waals surface area contributed by atoms with E-state index >= 15 is 0 Å². The Bertz CT molecular complexity index is 472. The summed E-state index contributed by atoms with van der Waals surface area (Å²) in [5, 5.41) is 22.0. The van der Waals surface area contributed by atoms with Crippen LogP contribution in [0.1, 0.15) is 37.8 Å². The molecule has 0 radical (unpaired) electrons. The molecule has 1 fully saturated rings. The number of carbonyl (C=O) groups is 2. The van der Waals surface area contributed by atoms with Gasteiger partial charge in [-0.1, -0.05) is 12.8 Å². The molecule has 108 valence electrons. The van der Waals surface area contributed by atoms with Crippen LogP contribution < -0.4 is 10.6 Å². The van der Waals surface area contributed by atoms with Gasteiger partial charge in [0.1, 0.15) is 0 Å². The summed E-state index contributed by atoms with van der Waals surface area (Å²) in [4.78, 5) is 22.8. The third-order valence-electron chi connectivity index (χ3n) is 3.49. The highest BCUT2D eigenvalue weighted by Gasteiger charge is 2.37. The van der Waals surface area contributed by atoms with Crippen LogP contribution in [0.3, 0.4) is 0 Å². The first-order chi connectivity index (χ1) is 9.60. The average Bonchev–Trinajstić information content (AvgIpc) is 2.85. The Labute approximate surface area is 116 Å². The van der Waals surface area contributed by atoms with Gasteiger partial charge in [-0.15, -0.1) is 0 Å². The molecule has 0 bridgehead atoms. The van der Waals surface area contributed by atoms with Crippen LogP contribution in [0.5, 0.6) is 0 Å². The van der Waals surface area contributed by atoms with Crippen LogP contribution in [-0.4, -0.2) is 32.8 Å². The van der Waals surface area contributed by atoms with Gasteiger partial charge >= 0.3 is 12.0 Å². The second-order valence-electron chi connectivity index (χ2n) is 5.08. The van der Waals surface area contributed by atoms with Crippen molar-refractivity contribution < 1.29 is 14.7 Å². The van der Waals surface area contributed by atoms with E-state index in [0.29, 0.717) is 18.5 Å². The van der Waals surface area contributed by atoms with Crippen molar-refractivity contribution in [1.82, 2.24) is 20.8 Å². The second kappa shape index (κ2) is 6.31. The summed E-state index contributed by atoms with van der Waals surface area (Å²) in [6, 6.07) is 3.14. The molecule has 1 aromatic rings. The van der Waals surface area contributed by atoms with Crippen LogP contribution in [0.4, 0.5) is 4.79 Å². The smallest absolute Gasteiger partial charge is 0.315 e. The number of nitrogens with one attached hydrogen (secondary N) is 2. The van der Waals surface area contributed by atoms with Gasteiger partial charge in [0.05, 0.1) is 24.2 Å². The molecule has 0 aliphatic heterocycles. The van der Waals surface area contributed by atoms with E-state index in [1.807, 2.05) is 0 Å². The maximum atomic E-state index is 11.9. The number of urea groups is 1. The van der Waals surface area contributed by atoms with E-state index in [4.69, 9.17) is 5.11 Å². The van der Waals surface area contributed by atoms with Crippen LogP contribution >= 0.6 is 0 Å². The summed E-state index contributed by atoms with van der Waals surface area (Å²) < 4.78 is 0.